The Kier molecular flexibility index (Phi) is 9.65. The van der Waals surface area contributed by atoms with E-state index >= 15 is 0 Å². The van der Waals surface area contributed by atoms with Crippen LogP contribution in [0.1, 0.15) is 58.6 Å². The van der Waals surface area contributed by atoms with Gasteiger partial charge in [-0.15, -0.1) is 0 Å². The zero-order valence-corrected chi connectivity index (χ0v) is 26.6. The molecule has 1 aliphatic carbocycles. The molecule has 0 saturated heterocycles. The summed E-state index contributed by atoms with van der Waals surface area (Å²) in [4.78, 5) is 26.3. The van der Waals surface area contributed by atoms with E-state index in [0.717, 1.165) is 46.3 Å². The first kappa shape index (κ1) is 32.0. The number of amides is 2. The van der Waals surface area contributed by atoms with Gasteiger partial charge in [0.05, 0.1) is 11.7 Å². The number of fused-ring (bicyclic) bond motifs is 1. The molecule has 1 aliphatic rings. The van der Waals surface area contributed by atoms with Gasteiger partial charge in [-0.3, -0.25) is 14.1 Å². The van der Waals surface area contributed by atoms with Crippen LogP contribution in [0, 0.1) is 0 Å². The van der Waals surface area contributed by atoms with E-state index in [-0.39, 0.29) is 12.5 Å². The number of carbonyl (C=O) groups excluding carboxylic acids is 2. The van der Waals surface area contributed by atoms with Gasteiger partial charge in [-0.1, -0.05) is 60.7 Å². The molecule has 2 amide bonds. The van der Waals surface area contributed by atoms with Crippen LogP contribution in [0.2, 0.25) is 0 Å². The molecular formula is C38H36N2O6S. The number of para-hydroxylation sites is 1. The van der Waals surface area contributed by atoms with Crippen molar-refractivity contribution in [3.05, 3.63) is 131 Å². The summed E-state index contributed by atoms with van der Waals surface area (Å²) < 4.78 is 36.8. The Labute approximate surface area is 274 Å². The summed E-state index contributed by atoms with van der Waals surface area (Å²) in [6, 6.07) is 32.5. The van der Waals surface area contributed by atoms with Crippen LogP contribution in [-0.2, 0) is 21.3 Å². The monoisotopic (exact) mass is 648 g/mol. The van der Waals surface area contributed by atoms with Crippen molar-refractivity contribution in [3.63, 3.8) is 0 Å². The Morgan fingerprint density at radius 2 is 1.57 bits per heavy atom. The van der Waals surface area contributed by atoms with E-state index in [4.69, 9.17) is 8.97 Å². The smallest absolute Gasteiger partial charge is 0.266 e. The van der Waals surface area contributed by atoms with E-state index < -0.39 is 27.7 Å². The molecule has 5 aromatic rings. The van der Waals surface area contributed by atoms with E-state index in [2.05, 4.69) is 28.8 Å². The molecule has 0 saturated carbocycles. The molecule has 47 heavy (non-hydrogen) atoms. The maximum Gasteiger partial charge on any atom is 0.266 e. The first-order valence-corrected chi connectivity index (χ1v) is 17.3. The molecule has 6 rings (SSSR count). The van der Waals surface area contributed by atoms with Gasteiger partial charge >= 0.3 is 0 Å². The lowest BCUT2D eigenvalue weighted by molar-refractivity contribution is -0.117. The van der Waals surface area contributed by atoms with Gasteiger partial charge in [-0.05, 0) is 103 Å². The third-order valence-electron chi connectivity index (χ3n) is 8.46. The summed E-state index contributed by atoms with van der Waals surface area (Å²) in [5.74, 6) is -0.919. The maximum atomic E-state index is 13.9. The number of anilines is 1. The third kappa shape index (κ3) is 8.24. The Balaban J connectivity index is 1.19. The van der Waals surface area contributed by atoms with Crippen molar-refractivity contribution in [2.24, 2.45) is 0 Å². The van der Waals surface area contributed by atoms with Crippen molar-refractivity contribution in [1.29, 1.82) is 0 Å². The fourth-order valence-corrected chi connectivity index (χ4v) is 6.25. The highest BCUT2D eigenvalue weighted by atomic mass is 32.2. The topological polar surface area (TPSA) is 126 Å². The summed E-state index contributed by atoms with van der Waals surface area (Å²) in [5, 5.41) is 6.61. The van der Waals surface area contributed by atoms with Crippen LogP contribution in [0.25, 0.3) is 27.9 Å². The second-order valence-corrected chi connectivity index (χ2v) is 13.4. The molecule has 9 heteroatoms. The first-order valence-electron chi connectivity index (χ1n) is 15.7. The third-order valence-corrected chi connectivity index (χ3v) is 9.18. The summed E-state index contributed by atoms with van der Waals surface area (Å²) >= 11 is 0. The maximum absolute atomic E-state index is 13.9. The van der Waals surface area contributed by atoms with Gasteiger partial charge < -0.3 is 15.1 Å². The van der Waals surface area contributed by atoms with Crippen molar-refractivity contribution in [1.82, 2.24) is 5.32 Å². The van der Waals surface area contributed by atoms with Crippen molar-refractivity contribution >= 4 is 44.2 Å². The minimum absolute atomic E-state index is 0.154. The van der Waals surface area contributed by atoms with Crippen molar-refractivity contribution < 1.29 is 27.0 Å². The minimum Gasteiger partial charge on any atom is -0.456 e. The highest BCUT2D eigenvalue weighted by molar-refractivity contribution is 7.85. The molecule has 4 aromatic carbocycles. The van der Waals surface area contributed by atoms with Gasteiger partial charge in [0, 0.05) is 28.7 Å². The second kappa shape index (κ2) is 14.2. The molecule has 1 aromatic heterocycles. The number of rotatable bonds is 11. The SMILES string of the molecule is O=C(NCCS(=O)(=O)O)c1ccc(CC(C(=O)Nc2ccc(-c3cc4ccccc4o3)cc2)c2ccc(C3=CCCCC3)cc2)cc1. The van der Waals surface area contributed by atoms with Crippen LogP contribution in [0.4, 0.5) is 5.69 Å². The predicted octanol–water partition coefficient (Wildman–Crippen LogP) is 7.64. The minimum atomic E-state index is -4.17. The highest BCUT2D eigenvalue weighted by Gasteiger charge is 2.22. The van der Waals surface area contributed by atoms with E-state index in [1.54, 1.807) is 24.3 Å². The number of carbonyl (C=O) groups is 2. The Bertz CT molecular complexity index is 1980. The highest BCUT2D eigenvalue weighted by Crippen LogP contribution is 2.31. The number of hydrogen-bond acceptors (Lipinski definition) is 5. The van der Waals surface area contributed by atoms with Crippen molar-refractivity contribution in [2.75, 3.05) is 17.6 Å². The van der Waals surface area contributed by atoms with Gasteiger partial charge in [0.1, 0.15) is 11.3 Å². The summed E-state index contributed by atoms with van der Waals surface area (Å²) in [7, 11) is -4.17. The van der Waals surface area contributed by atoms with Gasteiger partial charge in [0.15, 0.2) is 0 Å². The van der Waals surface area contributed by atoms with Gasteiger partial charge in [-0.25, -0.2) is 0 Å². The van der Waals surface area contributed by atoms with Crippen LogP contribution in [-0.4, -0.2) is 37.1 Å². The molecule has 0 spiro atoms. The fraction of sp³-hybridized carbons (Fsp3) is 0.211. The number of allylic oxidation sites excluding steroid dienone is 2. The average molecular weight is 649 g/mol. The van der Waals surface area contributed by atoms with Crippen LogP contribution < -0.4 is 10.6 Å². The van der Waals surface area contributed by atoms with E-state index in [1.807, 2.05) is 66.7 Å². The molecule has 1 unspecified atom stereocenters. The molecule has 0 fully saturated rings. The Morgan fingerprint density at radius 3 is 2.26 bits per heavy atom. The molecule has 3 N–H and O–H groups in total. The largest absolute Gasteiger partial charge is 0.456 e. The number of hydrogen-bond donors (Lipinski definition) is 3. The summed E-state index contributed by atoms with van der Waals surface area (Å²) in [5.41, 5.74) is 7.01. The first-order chi connectivity index (χ1) is 22.7. The van der Waals surface area contributed by atoms with Crippen LogP contribution >= 0.6 is 0 Å². The van der Waals surface area contributed by atoms with Crippen LogP contribution in [0.3, 0.4) is 0 Å². The molecule has 0 radical (unpaired) electrons. The van der Waals surface area contributed by atoms with Gasteiger partial charge in [0.25, 0.3) is 16.0 Å². The molecule has 0 aliphatic heterocycles. The molecular weight excluding hydrogens is 612 g/mol. The van der Waals surface area contributed by atoms with E-state index in [9.17, 15) is 18.0 Å². The van der Waals surface area contributed by atoms with E-state index in [0.29, 0.717) is 17.7 Å². The zero-order chi connectivity index (χ0) is 32.8. The normalized spacial score (nSPS) is 13.9. The quantitative estimate of drug-likeness (QED) is 0.126. The van der Waals surface area contributed by atoms with Crippen LogP contribution in [0.15, 0.2) is 114 Å². The number of nitrogens with one attached hydrogen (secondary N) is 2. The lowest BCUT2D eigenvalue weighted by Gasteiger charge is -2.19. The Morgan fingerprint density at radius 1 is 0.851 bits per heavy atom. The summed E-state index contributed by atoms with van der Waals surface area (Å²) in [6.07, 6.45) is 7.25. The second-order valence-electron chi connectivity index (χ2n) is 11.8. The van der Waals surface area contributed by atoms with Gasteiger partial charge in [0.2, 0.25) is 5.91 Å². The summed E-state index contributed by atoms with van der Waals surface area (Å²) in [6.45, 7) is -0.201. The lowest BCUT2D eigenvalue weighted by Crippen LogP contribution is -2.28. The van der Waals surface area contributed by atoms with Crippen molar-refractivity contribution in [3.8, 4) is 11.3 Å². The molecule has 1 atom stereocenters. The average Bonchev–Trinajstić information content (AvgIpc) is 3.52. The number of furan rings is 1. The molecule has 8 nitrogen and oxygen atoms in total. The van der Waals surface area contributed by atoms with Crippen molar-refractivity contribution in [2.45, 2.75) is 38.0 Å². The zero-order valence-electron chi connectivity index (χ0n) is 25.8. The molecule has 240 valence electrons. The fourth-order valence-electron chi connectivity index (χ4n) is 5.89. The molecule has 1 heterocycles. The standard InChI is InChI=1S/C38H36N2O6S/c41-37(39-22-23-47(43,44)45)31-12-10-26(11-13-31)24-34(29-16-14-28(15-17-29)27-6-2-1-3-7-27)38(42)40-33-20-18-30(19-21-33)36-25-32-8-4-5-9-35(32)46-36/h4-6,8-21,25,34H,1-3,7,22-24H2,(H,39,41)(H,40,42)(H,43,44,45). The van der Waals surface area contributed by atoms with Gasteiger partial charge in [-0.2, -0.15) is 8.42 Å². The number of benzene rings is 4. The van der Waals surface area contributed by atoms with E-state index in [1.165, 1.54) is 24.0 Å². The van der Waals surface area contributed by atoms with Crippen LogP contribution in [0.5, 0.6) is 0 Å². The Hall–Kier alpha value is -4.99. The molecule has 0 bridgehead atoms. The predicted molar refractivity (Wildman–Crippen MR) is 185 cm³/mol. The lowest BCUT2D eigenvalue weighted by atomic mass is 9.88.